The van der Waals surface area contributed by atoms with Gasteiger partial charge < -0.3 is 29.9 Å². The van der Waals surface area contributed by atoms with Gasteiger partial charge in [-0.1, -0.05) is 12.1 Å². The molecule has 0 bridgehead atoms. The van der Waals surface area contributed by atoms with Crippen molar-refractivity contribution < 1.29 is 34.1 Å². The summed E-state index contributed by atoms with van der Waals surface area (Å²) < 4.78 is 9.86. The van der Waals surface area contributed by atoms with Gasteiger partial charge in [0.1, 0.15) is 11.5 Å². The molecule has 3 N–H and O–H groups in total. The maximum absolute atomic E-state index is 13.0. The van der Waals surface area contributed by atoms with Crippen LogP contribution in [0.3, 0.4) is 0 Å². The number of aliphatic hydroxyl groups excluding tert-OH is 2. The number of rotatable bonds is 9. The maximum atomic E-state index is 13.0. The highest BCUT2D eigenvalue weighted by Crippen LogP contribution is 2.39. The van der Waals surface area contributed by atoms with Crippen LogP contribution in [0.5, 0.6) is 5.75 Å². The van der Waals surface area contributed by atoms with Crippen LogP contribution in [0.1, 0.15) is 27.5 Å². The second-order valence-corrected chi connectivity index (χ2v) is 7.31. The number of aliphatic hydroxyl groups is 2. The van der Waals surface area contributed by atoms with E-state index in [1.165, 1.54) is 19.1 Å². The van der Waals surface area contributed by atoms with Crippen molar-refractivity contribution in [2.45, 2.75) is 6.04 Å². The number of amides is 1. The number of nitrogens with one attached hydrogen (secondary N) is 1. The molecule has 2 aromatic rings. The summed E-state index contributed by atoms with van der Waals surface area (Å²) in [5, 5.41) is 23.0. The largest absolute Gasteiger partial charge is 0.507 e. The van der Waals surface area contributed by atoms with E-state index >= 15 is 0 Å². The monoisotopic (exact) mass is 454 g/mol. The second kappa shape index (κ2) is 10.8. The average molecular weight is 454 g/mol. The first-order valence-electron chi connectivity index (χ1n) is 10.4. The molecule has 1 aliphatic rings. The molecule has 1 atom stereocenters. The Labute approximate surface area is 191 Å². The molecule has 1 fully saturated rings. The number of ether oxygens (including phenoxy) is 2. The van der Waals surface area contributed by atoms with Crippen molar-refractivity contribution in [1.82, 2.24) is 10.2 Å². The number of carbonyl (C=O) groups excluding carboxylic acids is 3. The van der Waals surface area contributed by atoms with Crippen molar-refractivity contribution in [3.8, 4) is 5.75 Å². The molecule has 9 nitrogen and oxygen atoms in total. The Morgan fingerprint density at radius 2 is 1.64 bits per heavy atom. The summed E-state index contributed by atoms with van der Waals surface area (Å²) in [6.45, 7) is 0.795. The summed E-state index contributed by atoms with van der Waals surface area (Å²) in [7, 11) is 2.79. The molecular formula is C24H26N2O7. The zero-order valence-corrected chi connectivity index (χ0v) is 18.4. The predicted octanol–water partition coefficient (Wildman–Crippen LogP) is 1.49. The van der Waals surface area contributed by atoms with E-state index in [9.17, 15) is 19.5 Å². The number of benzene rings is 2. The molecule has 0 spiro atoms. The number of ketones is 1. The molecule has 1 aliphatic heterocycles. The van der Waals surface area contributed by atoms with Crippen LogP contribution < -0.4 is 10.1 Å². The van der Waals surface area contributed by atoms with Crippen molar-refractivity contribution in [3.05, 3.63) is 70.8 Å². The van der Waals surface area contributed by atoms with Crippen molar-refractivity contribution in [2.24, 2.45) is 0 Å². The van der Waals surface area contributed by atoms with Gasteiger partial charge >= 0.3 is 5.97 Å². The van der Waals surface area contributed by atoms with Crippen LogP contribution in [0.4, 0.5) is 0 Å². The number of hydrogen-bond donors (Lipinski definition) is 3. The lowest BCUT2D eigenvalue weighted by molar-refractivity contribution is -0.139. The third kappa shape index (κ3) is 5.05. The molecule has 1 amide bonds. The van der Waals surface area contributed by atoms with Crippen LogP contribution in [0.25, 0.3) is 5.76 Å². The number of Topliss-reactive ketones (excluding diaryl/α,β-unsaturated/α-hetero) is 1. The maximum Gasteiger partial charge on any atom is 0.337 e. The molecule has 0 saturated carbocycles. The second-order valence-electron chi connectivity index (χ2n) is 7.31. The zero-order valence-electron chi connectivity index (χ0n) is 18.4. The van der Waals surface area contributed by atoms with Gasteiger partial charge in [0.05, 0.1) is 38.0 Å². The summed E-state index contributed by atoms with van der Waals surface area (Å²) in [5.74, 6) is -1.77. The SMILES string of the molecule is COC(=O)c1ccc(C2/C(=C(\O)c3ccc(OC)cc3)C(=O)C(=O)N2CCNCCO)cc1. The lowest BCUT2D eigenvalue weighted by Gasteiger charge is -2.25. The third-order valence-corrected chi connectivity index (χ3v) is 5.37. The van der Waals surface area contributed by atoms with Crippen molar-refractivity contribution in [1.29, 1.82) is 0 Å². The van der Waals surface area contributed by atoms with E-state index < -0.39 is 23.7 Å². The lowest BCUT2D eigenvalue weighted by Crippen LogP contribution is -2.36. The minimum Gasteiger partial charge on any atom is -0.507 e. The van der Waals surface area contributed by atoms with Gasteiger partial charge in [-0.2, -0.15) is 0 Å². The van der Waals surface area contributed by atoms with Gasteiger partial charge in [0.2, 0.25) is 0 Å². The van der Waals surface area contributed by atoms with Gasteiger partial charge in [-0.3, -0.25) is 9.59 Å². The van der Waals surface area contributed by atoms with Crippen molar-refractivity contribution in [3.63, 3.8) is 0 Å². The number of esters is 1. The molecule has 0 aliphatic carbocycles. The zero-order chi connectivity index (χ0) is 24.0. The fourth-order valence-corrected chi connectivity index (χ4v) is 3.68. The van der Waals surface area contributed by atoms with Gasteiger partial charge in [0.25, 0.3) is 11.7 Å². The Morgan fingerprint density at radius 3 is 2.21 bits per heavy atom. The summed E-state index contributed by atoms with van der Waals surface area (Å²) in [6.07, 6.45) is 0. The fraction of sp³-hybridized carbons (Fsp3) is 0.292. The molecule has 0 radical (unpaired) electrons. The molecule has 174 valence electrons. The van der Waals surface area contributed by atoms with Crippen molar-refractivity contribution >= 4 is 23.4 Å². The normalized spacial score (nSPS) is 17.3. The van der Waals surface area contributed by atoms with Crippen LogP contribution in [-0.2, 0) is 14.3 Å². The number of nitrogens with zero attached hydrogens (tertiary/aromatic N) is 1. The van der Waals surface area contributed by atoms with Crippen molar-refractivity contribution in [2.75, 3.05) is 40.5 Å². The summed E-state index contributed by atoms with van der Waals surface area (Å²) in [4.78, 5) is 39.0. The molecule has 33 heavy (non-hydrogen) atoms. The first-order valence-corrected chi connectivity index (χ1v) is 10.4. The van der Waals surface area contributed by atoms with E-state index in [0.29, 0.717) is 35.5 Å². The van der Waals surface area contributed by atoms with Crippen LogP contribution >= 0.6 is 0 Å². The van der Waals surface area contributed by atoms with Gasteiger partial charge in [0.15, 0.2) is 0 Å². The van der Waals surface area contributed by atoms with E-state index in [-0.39, 0.29) is 24.5 Å². The van der Waals surface area contributed by atoms with E-state index in [4.69, 9.17) is 14.6 Å². The number of likely N-dealkylation sites (tertiary alicyclic amines) is 1. The van der Waals surface area contributed by atoms with Gasteiger partial charge in [-0.15, -0.1) is 0 Å². The Bertz CT molecular complexity index is 1050. The standard InChI is InChI=1S/C24H26N2O7/c1-32-18-9-7-16(8-10-18)21(28)19-20(15-3-5-17(6-4-15)24(31)33-2)26(23(30)22(19)29)13-11-25-12-14-27/h3-10,20,25,27-28H,11-14H2,1-2H3/b21-19+. The smallest absolute Gasteiger partial charge is 0.337 e. The van der Waals surface area contributed by atoms with E-state index in [2.05, 4.69) is 5.32 Å². The highest BCUT2D eigenvalue weighted by molar-refractivity contribution is 6.46. The number of methoxy groups -OCH3 is 2. The predicted molar refractivity (Wildman–Crippen MR) is 120 cm³/mol. The van der Waals surface area contributed by atoms with E-state index in [1.807, 2.05) is 0 Å². The van der Waals surface area contributed by atoms with Crippen LogP contribution in [0.15, 0.2) is 54.1 Å². The lowest BCUT2D eigenvalue weighted by atomic mass is 9.94. The Balaban J connectivity index is 2.05. The number of hydrogen-bond acceptors (Lipinski definition) is 8. The van der Waals surface area contributed by atoms with Gasteiger partial charge in [0, 0.05) is 25.2 Å². The van der Waals surface area contributed by atoms with E-state index in [1.54, 1.807) is 48.5 Å². The Hall–Kier alpha value is -3.69. The van der Waals surface area contributed by atoms with Crippen LogP contribution in [-0.4, -0.2) is 73.2 Å². The van der Waals surface area contributed by atoms with E-state index in [0.717, 1.165) is 0 Å². The third-order valence-electron chi connectivity index (χ3n) is 5.37. The molecule has 1 saturated heterocycles. The molecule has 3 rings (SSSR count). The summed E-state index contributed by atoms with van der Waals surface area (Å²) in [6, 6.07) is 12.0. The minimum absolute atomic E-state index is 0.0434. The average Bonchev–Trinajstić information content (AvgIpc) is 3.10. The first kappa shape index (κ1) is 24.0. The molecule has 9 heteroatoms. The Kier molecular flexibility index (Phi) is 7.81. The first-order chi connectivity index (χ1) is 15.9. The quantitative estimate of drug-likeness (QED) is 0.171. The molecule has 1 heterocycles. The molecule has 2 aromatic carbocycles. The van der Waals surface area contributed by atoms with Crippen LogP contribution in [0.2, 0.25) is 0 Å². The summed E-state index contributed by atoms with van der Waals surface area (Å²) in [5.41, 5.74) is 1.19. The molecule has 1 unspecified atom stereocenters. The van der Waals surface area contributed by atoms with Crippen LogP contribution in [0, 0.1) is 0 Å². The topological polar surface area (TPSA) is 125 Å². The Morgan fingerprint density at radius 1 is 1.00 bits per heavy atom. The fourth-order valence-electron chi connectivity index (χ4n) is 3.68. The highest BCUT2D eigenvalue weighted by atomic mass is 16.5. The molecule has 0 aromatic heterocycles. The molecular weight excluding hydrogens is 428 g/mol. The minimum atomic E-state index is -0.852. The van der Waals surface area contributed by atoms with Gasteiger partial charge in [-0.05, 0) is 42.0 Å². The van der Waals surface area contributed by atoms with Gasteiger partial charge in [-0.25, -0.2) is 4.79 Å². The highest BCUT2D eigenvalue weighted by Gasteiger charge is 2.45. The summed E-state index contributed by atoms with van der Waals surface area (Å²) >= 11 is 0. The number of carbonyl (C=O) groups is 3.